The van der Waals surface area contributed by atoms with Crippen LogP contribution in [0.2, 0.25) is 0 Å². The predicted octanol–water partition coefficient (Wildman–Crippen LogP) is 2.40. The van der Waals surface area contributed by atoms with Crippen molar-refractivity contribution in [1.82, 2.24) is 29.2 Å². The zero-order chi connectivity index (χ0) is 19.8. The molecule has 0 N–H and O–H groups in total. The smallest absolute Gasteiger partial charge is 0.255 e. The lowest BCUT2D eigenvalue weighted by atomic mass is 10.0. The van der Waals surface area contributed by atoms with Gasteiger partial charge in [-0.1, -0.05) is 12.8 Å². The van der Waals surface area contributed by atoms with E-state index >= 15 is 0 Å². The van der Waals surface area contributed by atoms with E-state index < -0.39 is 0 Å². The number of carbonyl (C=O) groups is 1. The first-order valence-corrected chi connectivity index (χ1v) is 11.2. The highest BCUT2D eigenvalue weighted by atomic mass is 16.2. The third kappa shape index (κ3) is 3.78. The van der Waals surface area contributed by atoms with Crippen molar-refractivity contribution < 1.29 is 4.79 Å². The summed E-state index contributed by atoms with van der Waals surface area (Å²) in [5.41, 5.74) is 2.43. The number of hydrogen-bond acceptors (Lipinski definition) is 5. The molecule has 2 saturated heterocycles. The highest BCUT2D eigenvalue weighted by molar-refractivity contribution is 5.96. The number of likely N-dealkylation sites (tertiary alicyclic amines) is 1. The third-order valence-corrected chi connectivity index (χ3v) is 7.18. The average molecular weight is 397 g/mol. The molecule has 0 spiro atoms. The zero-order valence-electron chi connectivity index (χ0n) is 17.5. The standard InChI is InChI=1S/C22H32N6O/c1-25-8-6-18(7-9-25)26-10-12-27(13-11-26)22(29)17-14-20-21(23-15-17)28(16-24-20)19-4-2-3-5-19/h14-16,18-19H,2-13H2,1H3. The molecule has 0 aromatic carbocycles. The van der Waals surface area contributed by atoms with Crippen LogP contribution in [0.4, 0.5) is 0 Å². The molecule has 2 aromatic rings. The van der Waals surface area contributed by atoms with Gasteiger partial charge in [-0.3, -0.25) is 9.69 Å². The lowest BCUT2D eigenvalue weighted by Crippen LogP contribution is -2.54. The van der Waals surface area contributed by atoms with Crippen molar-refractivity contribution in [2.24, 2.45) is 0 Å². The molecule has 2 aliphatic heterocycles. The van der Waals surface area contributed by atoms with Crippen molar-refractivity contribution in [2.75, 3.05) is 46.3 Å². The second-order valence-electron chi connectivity index (χ2n) is 9.02. The van der Waals surface area contributed by atoms with Gasteiger partial charge in [0.25, 0.3) is 5.91 Å². The van der Waals surface area contributed by atoms with E-state index in [9.17, 15) is 4.79 Å². The second kappa shape index (κ2) is 8.03. The molecule has 29 heavy (non-hydrogen) atoms. The van der Waals surface area contributed by atoms with Crippen molar-refractivity contribution in [3.05, 3.63) is 24.2 Å². The molecule has 5 rings (SSSR count). The fourth-order valence-corrected chi connectivity index (χ4v) is 5.32. The van der Waals surface area contributed by atoms with Gasteiger partial charge in [0.05, 0.1) is 11.9 Å². The topological polar surface area (TPSA) is 57.5 Å². The molecule has 1 amide bonds. The van der Waals surface area contributed by atoms with E-state index in [2.05, 4.69) is 31.4 Å². The van der Waals surface area contributed by atoms with E-state index in [-0.39, 0.29) is 5.91 Å². The summed E-state index contributed by atoms with van der Waals surface area (Å²) in [5.74, 6) is 0.0952. The molecule has 0 bridgehead atoms. The summed E-state index contributed by atoms with van der Waals surface area (Å²) in [6.07, 6.45) is 11.1. The SMILES string of the molecule is CN1CCC(N2CCN(C(=O)c3cnc4c(c3)ncn4C3CCCC3)CC2)CC1. The van der Waals surface area contributed by atoms with Crippen LogP contribution in [-0.2, 0) is 0 Å². The molecule has 0 radical (unpaired) electrons. The summed E-state index contributed by atoms with van der Waals surface area (Å²) in [4.78, 5) is 29.2. The number of fused-ring (bicyclic) bond motifs is 1. The number of amides is 1. The van der Waals surface area contributed by atoms with Crippen LogP contribution in [-0.4, -0.2) is 87.5 Å². The molecule has 156 valence electrons. The highest BCUT2D eigenvalue weighted by Crippen LogP contribution is 2.31. The normalized spacial score (nSPS) is 23.3. The van der Waals surface area contributed by atoms with Crippen LogP contribution < -0.4 is 0 Å². The lowest BCUT2D eigenvalue weighted by molar-refractivity contribution is 0.0475. The van der Waals surface area contributed by atoms with Crippen molar-refractivity contribution in [2.45, 2.75) is 50.6 Å². The molecule has 0 unspecified atom stereocenters. The Balaban J connectivity index is 1.23. The molecule has 1 saturated carbocycles. The maximum Gasteiger partial charge on any atom is 0.255 e. The number of piperidine rings is 1. The fraction of sp³-hybridized carbons (Fsp3) is 0.682. The molecule has 4 heterocycles. The van der Waals surface area contributed by atoms with E-state index in [0.29, 0.717) is 17.6 Å². The van der Waals surface area contributed by atoms with Crippen LogP contribution in [0, 0.1) is 0 Å². The minimum absolute atomic E-state index is 0.0952. The summed E-state index contributed by atoms with van der Waals surface area (Å²) in [6.45, 7) is 5.93. The van der Waals surface area contributed by atoms with Crippen LogP contribution in [0.1, 0.15) is 54.9 Å². The first-order valence-electron chi connectivity index (χ1n) is 11.2. The van der Waals surface area contributed by atoms with Gasteiger partial charge >= 0.3 is 0 Å². The van der Waals surface area contributed by atoms with Crippen LogP contribution >= 0.6 is 0 Å². The van der Waals surface area contributed by atoms with Gasteiger partial charge < -0.3 is 14.4 Å². The molecule has 3 aliphatic rings. The van der Waals surface area contributed by atoms with E-state index in [1.54, 1.807) is 6.20 Å². The molecule has 7 heteroatoms. The van der Waals surface area contributed by atoms with Gasteiger partial charge in [0.2, 0.25) is 0 Å². The van der Waals surface area contributed by atoms with Crippen LogP contribution in [0.15, 0.2) is 18.6 Å². The van der Waals surface area contributed by atoms with E-state index in [1.165, 1.54) is 51.6 Å². The van der Waals surface area contributed by atoms with Gasteiger partial charge in [-0.05, 0) is 51.9 Å². The maximum absolute atomic E-state index is 13.1. The van der Waals surface area contributed by atoms with Gasteiger partial charge in [-0.2, -0.15) is 0 Å². The first kappa shape index (κ1) is 19.0. The van der Waals surface area contributed by atoms with Crippen LogP contribution in [0.5, 0.6) is 0 Å². The number of hydrogen-bond donors (Lipinski definition) is 0. The summed E-state index contributed by atoms with van der Waals surface area (Å²) in [6, 6.07) is 3.13. The maximum atomic E-state index is 13.1. The number of pyridine rings is 1. The number of aromatic nitrogens is 3. The Kier molecular flexibility index (Phi) is 5.26. The number of carbonyl (C=O) groups excluding carboxylic acids is 1. The van der Waals surface area contributed by atoms with E-state index in [0.717, 1.165) is 37.3 Å². The Morgan fingerprint density at radius 3 is 2.38 bits per heavy atom. The largest absolute Gasteiger partial charge is 0.336 e. The fourth-order valence-electron chi connectivity index (χ4n) is 5.32. The number of piperazine rings is 1. The van der Waals surface area contributed by atoms with E-state index in [1.807, 2.05) is 17.3 Å². The lowest BCUT2D eigenvalue weighted by Gasteiger charge is -2.42. The van der Waals surface area contributed by atoms with Gasteiger partial charge in [-0.25, -0.2) is 9.97 Å². The molecular formula is C22H32N6O. The van der Waals surface area contributed by atoms with E-state index in [4.69, 9.17) is 0 Å². The minimum atomic E-state index is 0.0952. The summed E-state index contributed by atoms with van der Waals surface area (Å²) < 4.78 is 2.21. The first-order chi connectivity index (χ1) is 14.2. The van der Waals surface area contributed by atoms with Crippen molar-refractivity contribution in [1.29, 1.82) is 0 Å². The van der Waals surface area contributed by atoms with Gasteiger partial charge in [0.15, 0.2) is 5.65 Å². The number of rotatable bonds is 3. The van der Waals surface area contributed by atoms with Crippen LogP contribution in [0.25, 0.3) is 11.2 Å². The van der Waals surface area contributed by atoms with Crippen molar-refractivity contribution in [3.63, 3.8) is 0 Å². The Labute approximate surface area is 172 Å². The highest BCUT2D eigenvalue weighted by Gasteiger charge is 2.29. The zero-order valence-corrected chi connectivity index (χ0v) is 17.5. The molecule has 1 aliphatic carbocycles. The van der Waals surface area contributed by atoms with Gasteiger partial charge in [0.1, 0.15) is 5.52 Å². The Hall–Kier alpha value is -1.99. The average Bonchev–Trinajstić information content (AvgIpc) is 3.43. The molecule has 2 aromatic heterocycles. The Morgan fingerprint density at radius 2 is 1.66 bits per heavy atom. The van der Waals surface area contributed by atoms with Crippen molar-refractivity contribution >= 4 is 17.1 Å². The Morgan fingerprint density at radius 1 is 0.931 bits per heavy atom. The summed E-state index contributed by atoms with van der Waals surface area (Å²) >= 11 is 0. The minimum Gasteiger partial charge on any atom is -0.336 e. The third-order valence-electron chi connectivity index (χ3n) is 7.18. The predicted molar refractivity (Wildman–Crippen MR) is 113 cm³/mol. The summed E-state index contributed by atoms with van der Waals surface area (Å²) in [5, 5.41) is 0. The summed E-state index contributed by atoms with van der Waals surface area (Å²) in [7, 11) is 2.20. The number of imidazole rings is 1. The van der Waals surface area contributed by atoms with Gasteiger partial charge in [0, 0.05) is 44.5 Å². The molecule has 3 fully saturated rings. The molecule has 0 atom stereocenters. The monoisotopic (exact) mass is 396 g/mol. The van der Waals surface area contributed by atoms with Gasteiger partial charge in [-0.15, -0.1) is 0 Å². The second-order valence-corrected chi connectivity index (χ2v) is 9.02. The number of nitrogens with zero attached hydrogens (tertiary/aromatic N) is 6. The quantitative estimate of drug-likeness (QED) is 0.797. The van der Waals surface area contributed by atoms with Crippen LogP contribution in [0.3, 0.4) is 0 Å². The van der Waals surface area contributed by atoms with Crippen molar-refractivity contribution in [3.8, 4) is 0 Å². The Bertz CT molecular complexity index is 857. The molecular weight excluding hydrogens is 364 g/mol. The molecule has 7 nitrogen and oxygen atoms in total.